The van der Waals surface area contributed by atoms with Gasteiger partial charge in [0.2, 0.25) is 0 Å². The van der Waals surface area contributed by atoms with Crippen molar-refractivity contribution in [1.29, 1.82) is 0 Å². The minimum atomic E-state index is 0.298. The van der Waals surface area contributed by atoms with Gasteiger partial charge in [0.15, 0.2) is 5.78 Å². The van der Waals surface area contributed by atoms with Crippen molar-refractivity contribution in [2.24, 2.45) is 34.5 Å². The van der Waals surface area contributed by atoms with Crippen molar-refractivity contribution in [1.82, 2.24) is 0 Å². The van der Waals surface area contributed by atoms with E-state index < -0.39 is 0 Å². The lowest BCUT2D eigenvalue weighted by Crippen LogP contribution is -2.50. The van der Waals surface area contributed by atoms with Crippen molar-refractivity contribution in [3.63, 3.8) is 0 Å². The molecule has 0 aliphatic heterocycles. The van der Waals surface area contributed by atoms with Crippen molar-refractivity contribution >= 4 is 5.78 Å². The van der Waals surface area contributed by atoms with Gasteiger partial charge in [-0.3, -0.25) is 4.79 Å². The third kappa shape index (κ3) is 1.76. The summed E-state index contributed by atoms with van der Waals surface area (Å²) in [6.07, 6.45) is 17.3. The second-order valence-corrected chi connectivity index (χ2v) is 8.81. The lowest BCUT2D eigenvalue weighted by Gasteiger charge is -2.57. The molecular formula is C21H28O. The fraction of sp³-hybridized carbons (Fsp3) is 0.762. The molecule has 0 aromatic rings. The SMILES string of the molecule is C#CC1CCC2C3CCC4=CC(=O)CCC4(C)C3CCC12C. The molecule has 4 aliphatic rings. The number of hydrogen-bond acceptors (Lipinski definition) is 1. The third-order valence-corrected chi connectivity index (χ3v) is 8.16. The van der Waals surface area contributed by atoms with Crippen molar-refractivity contribution in [3.05, 3.63) is 11.6 Å². The topological polar surface area (TPSA) is 17.1 Å². The number of hydrogen-bond donors (Lipinski definition) is 0. The normalized spacial score (nSPS) is 50.4. The summed E-state index contributed by atoms with van der Waals surface area (Å²) >= 11 is 0. The third-order valence-electron chi connectivity index (χ3n) is 8.16. The molecule has 4 aliphatic carbocycles. The fourth-order valence-electron chi connectivity index (χ4n) is 6.83. The van der Waals surface area contributed by atoms with E-state index in [0.29, 0.717) is 22.5 Å². The van der Waals surface area contributed by atoms with Gasteiger partial charge in [-0.15, -0.1) is 12.3 Å². The molecule has 6 atom stereocenters. The average molecular weight is 296 g/mol. The van der Waals surface area contributed by atoms with E-state index in [0.717, 1.165) is 37.0 Å². The van der Waals surface area contributed by atoms with Crippen LogP contribution in [0.25, 0.3) is 0 Å². The van der Waals surface area contributed by atoms with Gasteiger partial charge in [0, 0.05) is 12.3 Å². The van der Waals surface area contributed by atoms with Gasteiger partial charge in [0.1, 0.15) is 0 Å². The summed E-state index contributed by atoms with van der Waals surface area (Å²) in [6.45, 7) is 4.93. The zero-order valence-corrected chi connectivity index (χ0v) is 14.0. The minimum absolute atomic E-state index is 0.298. The number of allylic oxidation sites excluding steroid dienone is 1. The summed E-state index contributed by atoms with van der Waals surface area (Å²) in [6, 6.07) is 0. The molecule has 3 fully saturated rings. The molecule has 0 N–H and O–H groups in total. The van der Waals surface area contributed by atoms with Crippen LogP contribution >= 0.6 is 0 Å². The van der Waals surface area contributed by atoms with E-state index in [1.165, 1.54) is 37.7 Å². The lowest BCUT2D eigenvalue weighted by molar-refractivity contribution is -0.117. The largest absolute Gasteiger partial charge is 0.295 e. The van der Waals surface area contributed by atoms with Gasteiger partial charge in [-0.1, -0.05) is 19.4 Å². The Morgan fingerprint density at radius 3 is 2.68 bits per heavy atom. The molecule has 118 valence electrons. The summed E-state index contributed by atoms with van der Waals surface area (Å²) < 4.78 is 0. The molecule has 22 heavy (non-hydrogen) atoms. The van der Waals surface area contributed by atoms with Gasteiger partial charge in [-0.05, 0) is 79.6 Å². The van der Waals surface area contributed by atoms with Crippen molar-refractivity contribution in [3.8, 4) is 12.3 Å². The van der Waals surface area contributed by atoms with E-state index in [2.05, 4.69) is 19.8 Å². The van der Waals surface area contributed by atoms with Crippen molar-refractivity contribution in [2.45, 2.75) is 65.2 Å². The van der Waals surface area contributed by atoms with Gasteiger partial charge in [-0.2, -0.15) is 0 Å². The molecule has 0 heterocycles. The molecule has 1 heteroatoms. The molecule has 0 aromatic heterocycles. The average Bonchev–Trinajstić information content (AvgIpc) is 2.84. The molecule has 0 radical (unpaired) electrons. The number of ketones is 1. The molecule has 4 rings (SSSR count). The maximum absolute atomic E-state index is 11.8. The number of carbonyl (C=O) groups excluding carboxylic acids is 1. The van der Waals surface area contributed by atoms with Crippen LogP contribution in [0.3, 0.4) is 0 Å². The molecule has 0 aromatic carbocycles. The predicted molar refractivity (Wildman–Crippen MR) is 89.0 cm³/mol. The predicted octanol–water partition coefficient (Wildman–Crippen LogP) is 4.77. The number of carbonyl (C=O) groups is 1. The molecule has 0 spiro atoms. The van der Waals surface area contributed by atoms with E-state index in [1.807, 2.05) is 6.08 Å². The lowest BCUT2D eigenvalue weighted by atomic mass is 9.47. The quantitative estimate of drug-likeness (QED) is 0.589. The first-order valence-corrected chi connectivity index (χ1v) is 9.19. The Kier molecular flexibility index (Phi) is 3.13. The Labute approximate surface area is 134 Å². The van der Waals surface area contributed by atoms with Crippen LogP contribution in [0.5, 0.6) is 0 Å². The summed E-state index contributed by atoms with van der Waals surface area (Å²) in [5.41, 5.74) is 2.16. The molecule has 0 amide bonds. The van der Waals surface area contributed by atoms with Crippen LogP contribution in [0.15, 0.2) is 11.6 Å². The van der Waals surface area contributed by atoms with Crippen LogP contribution in [-0.2, 0) is 4.79 Å². The zero-order chi connectivity index (χ0) is 15.5. The van der Waals surface area contributed by atoms with Crippen molar-refractivity contribution in [2.75, 3.05) is 0 Å². The highest BCUT2D eigenvalue weighted by atomic mass is 16.1. The highest BCUT2D eigenvalue weighted by Crippen LogP contribution is 2.66. The smallest absolute Gasteiger partial charge is 0.155 e. The van der Waals surface area contributed by atoms with E-state index >= 15 is 0 Å². The maximum atomic E-state index is 11.8. The van der Waals surface area contributed by atoms with Gasteiger partial charge in [-0.25, -0.2) is 0 Å². The van der Waals surface area contributed by atoms with Crippen LogP contribution in [0, 0.1) is 46.8 Å². The zero-order valence-electron chi connectivity index (χ0n) is 14.0. The van der Waals surface area contributed by atoms with E-state index in [1.54, 1.807) is 0 Å². The number of fused-ring (bicyclic) bond motifs is 5. The molecule has 1 nitrogen and oxygen atoms in total. The Balaban J connectivity index is 1.68. The first-order chi connectivity index (χ1) is 10.5. The molecule has 6 unspecified atom stereocenters. The second-order valence-electron chi connectivity index (χ2n) is 8.81. The Morgan fingerprint density at radius 1 is 1.09 bits per heavy atom. The summed E-state index contributed by atoms with van der Waals surface area (Å²) in [7, 11) is 0. The van der Waals surface area contributed by atoms with Gasteiger partial charge in [0.25, 0.3) is 0 Å². The van der Waals surface area contributed by atoms with Crippen molar-refractivity contribution < 1.29 is 4.79 Å². The van der Waals surface area contributed by atoms with Gasteiger partial charge < -0.3 is 0 Å². The Hall–Kier alpha value is -1.03. The Bertz CT molecular complexity index is 579. The van der Waals surface area contributed by atoms with E-state index in [-0.39, 0.29) is 0 Å². The highest BCUT2D eigenvalue weighted by molar-refractivity contribution is 5.91. The monoisotopic (exact) mass is 296 g/mol. The molecular weight excluding hydrogens is 268 g/mol. The van der Waals surface area contributed by atoms with Crippen LogP contribution in [0.2, 0.25) is 0 Å². The molecule has 3 saturated carbocycles. The second kappa shape index (κ2) is 4.73. The van der Waals surface area contributed by atoms with Gasteiger partial charge >= 0.3 is 0 Å². The van der Waals surface area contributed by atoms with Crippen LogP contribution < -0.4 is 0 Å². The van der Waals surface area contributed by atoms with Crippen LogP contribution in [0.1, 0.15) is 65.2 Å². The van der Waals surface area contributed by atoms with Crippen LogP contribution in [0.4, 0.5) is 0 Å². The van der Waals surface area contributed by atoms with Gasteiger partial charge in [0.05, 0.1) is 0 Å². The number of rotatable bonds is 0. The minimum Gasteiger partial charge on any atom is -0.295 e. The van der Waals surface area contributed by atoms with E-state index in [4.69, 9.17) is 6.42 Å². The molecule has 0 saturated heterocycles. The Morgan fingerprint density at radius 2 is 1.91 bits per heavy atom. The summed E-state index contributed by atoms with van der Waals surface area (Å²) in [5, 5.41) is 0. The first-order valence-electron chi connectivity index (χ1n) is 9.19. The highest BCUT2D eigenvalue weighted by Gasteiger charge is 2.58. The molecule has 0 bridgehead atoms. The van der Waals surface area contributed by atoms with E-state index in [9.17, 15) is 4.79 Å². The first kappa shape index (κ1) is 14.6. The maximum Gasteiger partial charge on any atom is 0.155 e. The number of terminal acetylenes is 1. The fourth-order valence-corrected chi connectivity index (χ4v) is 6.83. The summed E-state index contributed by atoms with van der Waals surface area (Å²) in [4.78, 5) is 11.8. The summed E-state index contributed by atoms with van der Waals surface area (Å²) in [5.74, 6) is 6.42. The van der Waals surface area contributed by atoms with Crippen LogP contribution in [-0.4, -0.2) is 5.78 Å². The standard InChI is InChI=1S/C21H28O/c1-4-14-6-8-18-17-7-5-15-13-16(22)9-11-21(15,3)19(17)10-12-20(14,18)2/h1,13-14,17-19H,5-12H2,2-3H3.